The predicted molar refractivity (Wildman–Crippen MR) is 30.4 cm³/mol. The van der Waals surface area contributed by atoms with Gasteiger partial charge in [-0.25, -0.2) is 4.79 Å². The maximum atomic E-state index is 10.1. The van der Waals surface area contributed by atoms with Crippen LogP contribution in [0.2, 0.25) is 0 Å². The average molecular weight is 159 g/mol. The molecule has 0 unspecified atom stereocenters. The van der Waals surface area contributed by atoms with Gasteiger partial charge in [0.1, 0.15) is 6.61 Å². The number of rotatable bonds is 2. The Kier molecular flexibility index (Phi) is 2.02. The molecular formula is C4H5N3O4. The van der Waals surface area contributed by atoms with Crippen molar-refractivity contribution in [2.75, 3.05) is 0 Å². The first-order valence-corrected chi connectivity index (χ1v) is 2.63. The molecule has 1 rings (SSSR count). The summed E-state index contributed by atoms with van der Waals surface area (Å²) in [5.74, 6) is -0.0405. The lowest BCUT2D eigenvalue weighted by Crippen LogP contribution is -2.16. The molecule has 1 aromatic heterocycles. The van der Waals surface area contributed by atoms with Crippen molar-refractivity contribution in [3.63, 3.8) is 0 Å². The number of ether oxygens (including phenoxy) is 1. The van der Waals surface area contributed by atoms with Gasteiger partial charge in [0.05, 0.1) is 0 Å². The van der Waals surface area contributed by atoms with Crippen LogP contribution in [0, 0.1) is 0 Å². The number of nitrogens with two attached hydrogens (primary N) is 1. The molecule has 11 heavy (non-hydrogen) atoms. The van der Waals surface area contributed by atoms with E-state index >= 15 is 0 Å². The number of primary amides is 1. The summed E-state index contributed by atoms with van der Waals surface area (Å²) >= 11 is 0. The Morgan fingerprint density at radius 3 is 2.91 bits per heavy atom. The maximum Gasteiger partial charge on any atom is 0.423 e. The van der Waals surface area contributed by atoms with Crippen LogP contribution in [0.5, 0.6) is 6.08 Å². The highest BCUT2D eigenvalue weighted by atomic mass is 16.6. The third-order valence-corrected chi connectivity index (χ3v) is 0.771. The summed E-state index contributed by atoms with van der Waals surface area (Å²) in [5, 5.41) is 14.9. The number of aliphatic hydroxyl groups excluding tert-OH is 1. The second-order valence-electron chi connectivity index (χ2n) is 1.54. The molecule has 0 spiro atoms. The first-order chi connectivity index (χ1) is 5.22. The van der Waals surface area contributed by atoms with Gasteiger partial charge >= 0.3 is 12.2 Å². The zero-order valence-corrected chi connectivity index (χ0v) is 5.35. The van der Waals surface area contributed by atoms with Crippen molar-refractivity contribution in [2.24, 2.45) is 5.73 Å². The molecule has 0 atom stereocenters. The summed E-state index contributed by atoms with van der Waals surface area (Å²) < 4.78 is 8.73. The number of hydrogen-bond donors (Lipinski definition) is 2. The van der Waals surface area contributed by atoms with E-state index in [0.717, 1.165) is 0 Å². The summed E-state index contributed by atoms with van der Waals surface area (Å²) in [6, 6.07) is 0. The van der Waals surface area contributed by atoms with E-state index < -0.39 is 12.7 Å². The van der Waals surface area contributed by atoms with E-state index in [4.69, 9.17) is 5.11 Å². The third kappa shape index (κ3) is 1.90. The molecule has 1 heterocycles. The molecule has 0 radical (unpaired) electrons. The van der Waals surface area contributed by atoms with Crippen LogP contribution in [0.4, 0.5) is 4.79 Å². The summed E-state index contributed by atoms with van der Waals surface area (Å²) in [6.45, 7) is -0.408. The lowest BCUT2D eigenvalue weighted by atomic mass is 10.7. The number of aliphatic hydroxyl groups is 1. The van der Waals surface area contributed by atoms with Crippen LogP contribution in [-0.4, -0.2) is 21.4 Å². The highest BCUT2D eigenvalue weighted by Gasteiger charge is 2.07. The molecule has 3 N–H and O–H groups in total. The van der Waals surface area contributed by atoms with Gasteiger partial charge in [-0.05, 0) is 0 Å². The minimum atomic E-state index is -1.04. The fraction of sp³-hybridized carbons (Fsp3) is 0.250. The fourth-order valence-electron chi connectivity index (χ4n) is 0.429. The number of aromatic nitrogens is 2. The molecule has 0 saturated heterocycles. The van der Waals surface area contributed by atoms with Crippen molar-refractivity contribution >= 4 is 6.09 Å². The largest absolute Gasteiger partial charge is 0.423 e. The van der Waals surface area contributed by atoms with Gasteiger partial charge in [-0.3, -0.25) is 0 Å². The first-order valence-electron chi connectivity index (χ1n) is 2.63. The van der Waals surface area contributed by atoms with Crippen LogP contribution in [-0.2, 0) is 6.61 Å². The van der Waals surface area contributed by atoms with E-state index in [1.54, 1.807) is 0 Å². The second kappa shape index (κ2) is 2.97. The Morgan fingerprint density at radius 2 is 2.45 bits per heavy atom. The maximum absolute atomic E-state index is 10.1. The van der Waals surface area contributed by atoms with Gasteiger partial charge in [-0.2, -0.15) is 0 Å². The smallest absolute Gasteiger partial charge is 0.391 e. The molecule has 0 aromatic carbocycles. The Bertz CT molecular complexity index is 258. The van der Waals surface area contributed by atoms with Gasteiger partial charge in [0.2, 0.25) is 5.89 Å². The number of carbonyl (C=O) groups is 1. The van der Waals surface area contributed by atoms with E-state index in [1.807, 2.05) is 0 Å². The van der Waals surface area contributed by atoms with E-state index in [-0.39, 0.29) is 12.0 Å². The Morgan fingerprint density at radius 1 is 1.73 bits per heavy atom. The molecule has 0 bridgehead atoms. The molecule has 7 nitrogen and oxygen atoms in total. The third-order valence-electron chi connectivity index (χ3n) is 0.771. The summed E-state index contributed by atoms with van der Waals surface area (Å²) in [7, 11) is 0. The zero-order valence-electron chi connectivity index (χ0n) is 5.35. The van der Waals surface area contributed by atoms with Crippen molar-refractivity contribution in [2.45, 2.75) is 6.61 Å². The van der Waals surface area contributed by atoms with Crippen molar-refractivity contribution in [1.29, 1.82) is 0 Å². The SMILES string of the molecule is NC(=O)Oc1nnc(CO)o1. The molecule has 0 saturated carbocycles. The molecule has 7 heteroatoms. The summed E-state index contributed by atoms with van der Waals surface area (Å²) in [4.78, 5) is 10.1. The number of nitrogens with zero attached hydrogens (tertiary/aromatic N) is 2. The molecule has 1 aromatic rings. The molecule has 0 aliphatic heterocycles. The van der Waals surface area contributed by atoms with Gasteiger partial charge in [0.15, 0.2) is 0 Å². The van der Waals surface area contributed by atoms with Crippen molar-refractivity contribution in [3.05, 3.63) is 5.89 Å². The number of hydrogen-bond acceptors (Lipinski definition) is 6. The van der Waals surface area contributed by atoms with E-state index in [2.05, 4.69) is 25.1 Å². The first kappa shape index (κ1) is 7.48. The Hall–Kier alpha value is -1.63. The second-order valence-corrected chi connectivity index (χ2v) is 1.54. The highest BCUT2D eigenvalue weighted by molar-refractivity contribution is 5.66. The van der Waals surface area contributed by atoms with Crippen LogP contribution in [0.15, 0.2) is 4.42 Å². The van der Waals surface area contributed by atoms with E-state index in [0.29, 0.717) is 0 Å². The molecule has 1 amide bonds. The van der Waals surface area contributed by atoms with Gasteiger partial charge < -0.3 is 20.0 Å². The summed E-state index contributed by atoms with van der Waals surface area (Å²) in [6.07, 6.45) is -1.42. The molecular weight excluding hydrogens is 154 g/mol. The van der Waals surface area contributed by atoms with Crippen LogP contribution < -0.4 is 10.5 Å². The van der Waals surface area contributed by atoms with Gasteiger partial charge in [-0.15, -0.1) is 5.10 Å². The molecule has 60 valence electrons. The Labute approximate surface area is 60.8 Å². The summed E-state index contributed by atoms with van der Waals surface area (Å²) in [5.41, 5.74) is 4.62. The quantitative estimate of drug-likeness (QED) is 0.573. The van der Waals surface area contributed by atoms with Crippen molar-refractivity contribution in [1.82, 2.24) is 10.2 Å². The van der Waals surface area contributed by atoms with Crippen molar-refractivity contribution < 1.29 is 19.1 Å². The van der Waals surface area contributed by atoms with Crippen LogP contribution in [0.3, 0.4) is 0 Å². The minimum Gasteiger partial charge on any atom is -0.391 e. The minimum absolute atomic E-state index is 0.0405. The lowest BCUT2D eigenvalue weighted by molar-refractivity contribution is 0.185. The van der Waals surface area contributed by atoms with Crippen LogP contribution in [0.1, 0.15) is 5.89 Å². The zero-order chi connectivity index (χ0) is 8.27. The van der Waals surface area contributed by atoms with Gasteiger partial charge in [0, 0.05) is 0 Å². The molecule has 0 aliphatic rings. The van der Waals surface area contributed by atoms with Crippen LogP contribution in [0.25, 0.3) is 0 Å². The van der Waals surface area contributed by atoms with E-state index in [1.165, 1.54) is 0 Å². The number of carbonyl (C=O) groups excluding carboxylic acids is 1. The number of amides is 1. The van der Waals surface area contributed by atoms with Crippen molar-refractivity contribution in [3.8, 4) is 6.08 Å². The molecule has 0 aliphatic carbocycles. The standard InChI is InChI=1S/C4H5N3O4/c5-3(9)11-4-7-6-2(1-8)10-4/h8H,1H2,(H2,5,9). The lowest BCUT2D eigenvalue weighted by Gasteiger charge is -1.88. The topological polar surface area (TPSA) is 111 Å². The van der Waals surface area contributed by atoms with E-state index in [9.17, 15) is 4.79 Å². The van der Waals surface area contributed by atoms with Crippen LogP contribution >= 0.6 is 0 Å². The average Bonchev–Trinajstić information content (AvgIpc) is 2.34. The predicted octanol–water partition coefficient (Wildman–Crippen LogP) is -0.981. The monoisotopic (exact) mass is 159 g/mol. The Balaban J connectivity index is 2.65. The highest BCUT2D eigenvalue weighted by Crippen LogP contribution is 2.06. The normalized spacial score (nSPS) is 9.55. The molecule has 0 fully saturated rings. The fourth-order valence-corrected chi connectivity index (χ4v) is 0.429. The van der Waals surface area contributed by atoms with Gasteiger partial charge in [-0.1, -0.05) is 5.10 Å². The van der Waals surface area contributed by atoms with Gasteiger partial charge in [0.25, 0.3) is 0 Å².